The molecule has 0 fully saturated rings. The quantitative estimate of drug-likeness (QED) is 0.345. The van der Waals surface area contributed by atoms with Crippen LogP contribution in [0.15, 0.2) is 59.8 Å². The predicted molar refractivity (Wildman–Crippen MR) is 111 cm³/mol. The number of hydrogen-bond acceptors (Lipinski definition) is 5. The van der Waals surface area contributed by atoms with Crippen LogP contribution in [0.25, 0.3) is 0 Å². The maximum atomic E-state index is 9.93. The summed E-state index contributed by atoms with van der Waals surface area (Å²) in [7, 11) is 0. The Balaban J connectivity index is 1.55. The third-order valence-electron chi connectivity index (χ3n) is 3.65. The smallest absolute Gasteiger partial charge is 0.144 e. The molecule has 0 aliphatic rings. The molecule has 0 bridgehead atoms. The van der Waals surface area contributed by atoms with E-state index < -0.39 is 6.10 Å². The summed E-state index contributed by atoms with van der Waals surface area (Å²) in [5.41, 5.74) is 2.85. The number of aliphatic hydroxyl groups excluding tert-OH is 1. The lowest BCUT2D eigenvalue weighted by molar-refractivity contribution is 0.0407. The maximum Gasteiger partial charge on any atom is 0.144 e. The van der Waals surface area contributed by atoms with Gasteiger partial charge < -0.3 is 15.3 Å². The Morgan fingerprint density at radius 1 is 1.19 bits per heavy atom. The summed E-state index contributed by atoms with van der Waals surface area (Å²) in [4.78, 5) is 5.24. The fourth-order valence-electron chi connectivity index (χ4n) is 2.26. The molecule has 140 valence electrons. The van der Waals surface area contributed by atoms with Gasteiger partial charge in [-0.05, 0) is 18.6 Å². The van der Waals surface area contributed by atoms with Gasteiger partial charge in [0.1, 0.15) is 12.7 Å². The van der Waals surface area contributed by atoms with Crippen molar-refractivity contribution in [2.75, 3.05) is 25.4 Å². The Hall–Kier alpha value is -1.53. The van der Waals surface area contributed by atoms with E-state index in [9.17, 15) is 5.11 Å². The number of benzene rings is 2. The van der Waals surface area contributed by atoms with E-state index in [0.717, 1.165) is 23.6 Å². The van der Waals surface area contributed by atoms with Crippen LogP contribution in [0.3, 0.4) is 0 Å². The molecular formula is C20H25ClN2O2S. The zero-order chi connectivity index (χ0) is 18.6. The van der Waals surface area contributed by atoms with E-state index in [-0.39, 0.29) is 6.61 Å². The molecule has 0 aliphatic heterocycles. The highest BCUT2D eigenvalue weighted by atomic mass is 35.5. The molecule has 6 heteroatoms. The van der Waals surface area contributed by atoms with E-state index in [1.165, 1.54) is 5.56 Å². The molecule has 2 N–H and O–H groups in total. The minimum atomic E-state index is -0.600. The van der Waals surface area contributed by atoms with Gasteiger partial charge in [-0.25, -0.2) is 0 Å². The molecule has 26 heavy (non-hydrogen) atoms. The zero-order valence-corrected chi connectivity index (χ0v) is 16.5. The molecule has 2 aromatic carbocycles. The van der Waals surface area contributed by atoms with Crippen molar-refractivity contribution >= 4 is 29.1 Å². The lowest BCUT2D eigenvalue weighted by Crippen LogP contribution is -2.31. The molecule has 2 aromatic rings. The van der Waals surface area contributed by atoms with Crippen LogP contribution in [0.1, 0.15) is 18.1 Å². The van der Waals surface area contributed by atoms with Crippen molar-refractivity contribution in [2.45, 2.75) is 18.8 Å². The van der Waals surface area contributed by atoms with Crippen LogP contribution in [0, 0.1) is 0 Å². The molecule has 0 amide bonds. The van der Waals surface area contributed by atoms with Crippen molar-refractivity contribution in [2.24, 2.45) is 5.16 Å². The van der Waals surface area contributed by atoms with Gasteiger partial charge in [0.25, 0.3) is 0 Å². The van der Waals surface area contributed by atoms with E-state index in [4.69, 9.17) is 16.4 Å². The standard InChI is InChI=1S/C20H25ClN2O2S/c1-16(19-9-5-6-10-20(19)21)23-25-14-18(24)13-22-11-12-26-15-17-7-3-2-4-8-17/h2-10,18,22,24H,11-15H2,1H3/b23-16+/t18-/m0/s1. The van der Waals surface area contributed by atoms with Crippen molar-refractivity contribution in [1.29, 1.82) is 0 Å². The van der Waals surface area contributed by atoms with Crippen LogP contribution in [-0.2, 0) is 10.6 Å². The van der Waals surface area contributed by atoms with E-state index in [1.807, 2.05) is 49.0 Å². The van der Waals surface area contributed by atoms with Gasteiger partial charge >= 0.3 is 0 Å². The molecular weight excluding hydrogens is 368 g/mol. The summed E-state index contributed by atoms with van der Waals surface area (Å²) in [6.45, 7) is 3.30. The third-order valence-corrected chi connectivity index (χ3v) is 5.01. The number of nitrogens with one attached hydrogen (secondary N) is 1. The Morgan fingerprint density at radius 3 is 2.69 bits per heavy atom. The van der Waals surface area contributed by atoms with Crippen molar-refractivity contribution in [3.8, 4) is 0 Å². The molecule has 0 spiro atoms. The number of oxime groups is 1. The predicted octanol–water partition coefficient (Wildman–Crippen LogP) is 3.96. The lowest BCUT2D eigenvalue weighted by Gasteiger charge is -2.11. The summed E-state index contributed by atoms with van der Waals surface area (Å²) in [6, 6.07) is 17.9. The van der Waals surface area contributed by atoms with Crippen molar-refractivity contribution in [3.05, 3.63) is 70.7 Å². The highest BCUT2D eigenvalue weighted by Crippen LogP contribution is 2.15. The summed E-state index contributed by atoms with van der Waals surface area (Å²) in [6.07, 6.45) is -0.600. The topological polar surface area (TPSA) is 53.9 Å². The van der Waals surface area contributed by atoms with Crippen LogP contribution in [-0.4, -0.2) is 42.4 Å². The minimum Gasteiger partial charge on any atom is -0.393 e. The number of rotatable bonds is 11. The molecule has 0 heterocycles. The minimum absolute atomic E-state index is 0.145. The molecule has 0 saturated heterocycles. The van der Waals surface area contributed by atoms with Crippen molar-refractivity contribution in [3.63, 3.8) is 0 Å². The van der Waals surface area contributed by atoms with Gasteiger partial charge in [0, 0.05) is 35.2 Å². The fraction of sp³-hybridized carbons (Fsp3) is 0.350. The normalized spacial score (nSPS) is 12.8. The highest BCUT2D eigenvalue weighted by molar-refractivity contribution is 7.98. The van der Waals surface area contributed by atoms with Crippen LogP contribution in [0.4, 0.5) is 0 Å². The second-order valence-electron chi connectivity index (χ2n) is 5.85. The first-order chi connectivity index (χ1) is 12.7. The average Bonchev–Trinajstić information content (AvgIpc) is 2.65. The summed E-state index contributed by atoms with van der Waals surface area (Å²) < 4.78 is 0. The Kier molecular flexibility index (Phi) is 9.56. The van der Waals surface area contributed by atoms with Crippen LogP contribution < -0.4 is 5.32 Å². The number of nitrogens with zero attached hydrogens (tertiary/aromatic N) is 1. The van der Waals surface area contributed by atoms with Gasteiger partial charge in [0.2, 0.25) is 0 Å². The molecule has 1 atom stereocenters. The van der Waals surface area contributed by atoms with E-state index in [2.05, 4.69) is 34.7 Å². The van der Waals surface area contributed by atoms with Crippen molar-refractivity contribution in [1.82, 2.24) is 5.32 Å². The maximum absolute atomic E-state index is 9.93. The summed E-state index contributed by atoms with van der Waals surface area (Å²) in [5.74, 6) is 2.00. The van der Waals surface area contributed by atoms with Gasteiger partial charge in [0.05, 0.1) is 5.71 Å². The van der Waals surface area contributed by atoms with E-state index in [0.29, 0.717) is 17.3 Å². The molecule has 4 nitrogen and oxygen atoms in total. The van der Waals surface area contributed by atoms with Crippen LogP contribution >= 0.6 is 23.4 Å². The molecule has 0 aromatic heterocycles. The fourth-order valence-corrected chi connectivity index (χ4v) is 3.39. The number of thioether (sulfide) groups is 1. The van der Waals surface area contributed by atoms with Crippen LogP contribution in [0.5, 0.6) is 0 Å². The third kappa shape index (κ3) is 7.79. The zero-order valence-electron chi connectivity index (χ0n) is 14.9. The summed E-state index contributed by atoms with van der Waals surface area (Å²) >= 11 is 7.98. The van der Waals surface area contributed by atoms with E-state index in [1.54, 1.807) is 0 Å². The Morgan fingerprint density at radius 2 is 1.92 bits per heavy atom. The molecule has 2 rings (SSSR count). The second kappa shape index (κ2) is 12.0. The van der Waals surface area contributed by atoms with Gasteiger partial charge in [-0.1, -0.05) is 65.3 Å². The first kappa shape index (κ1) is 20.8. The number of halogens is 1. The monoisotopic (exact) mass is 392 g/mol. The number of hydrogen-bond donors (Lipinski definition) is 2. The Bertz CT molecular complexity index is 683. The van der Waals surface area contributed by atoms with Gasteiger partial charge in [0.15, 0.2) is 0 Å². The van der Waals surface area contributed by atoms with Crippen LogP contribution in [0.2, 0.25) is 5.02 Å². The molecule has 0 aliphatic carbocycles. The molecule has 0 radical (unpaired) electrons. The second-order valence-corrected chi connectivity index (χ2v) is 7.36. The largest absolute Gasteiger partial charge is 0.393 e. The number of aliphatic hydroxyl groups is 1. The summed E-state index contributed by atoms with van der Waals surface area (Å²) in [5, 5.41) is 17.8. The Labute approximate surface area is 164 Å². The first-order valence-electron chi connectivity index (χ1n) is 8.58. The van der Waals surface area contributed by atoms with Gasteiger partial charge in [-0.15, -0.1) is 0 Å². The molecule has 0 saturated carbocycles. The van der Waals surface area contributed by atoms with Gasteiger partial charge in [-0.2, -0.15) is 11.8 Å². The first-order valence-corrected chi connectivity index (χ1v) is 10.1. The highest BCUT2D eigenvalue weighted by Gasteiger charge is 2.06. The van der Waals surface area contributed by atoms with Crippen molar-refractivity contribution < 1.29 is 9.94 Å². The SMILES string of the molecule is C/C(=N\OC[C@@H](O)CNCCSCc1ccccc1)c1ccccc1Cl. The molecule has 0 unspecified atom stereocenters. The average molecular weight is 393 g/mol. The lowest BCUT2D eigenvalue weighted by atomic mass is 10.1. The van der Waals surface area contributed by atoms with E-state index >= 15 is 0 Å². The van der Waals surface area contributed by atoms with Gasteiger partial charge in [-0.3, -0.25) is 0 Å².